The van der Waals surface area contributed by atoms with Crippen LogP contribution in [0.1, 0.15) is 50.8 Å². The Morgan fingerprint density at radius 2 is 1.82 bits per heavy atom. The first-order valence-electron chi connectivity index (χ1n) is 14.3. The van der Waals surface area contributed by atoms with Crippen molar-refractivity contribution >= 4 is 28.7 Å². The van der Waals surface area contributed by atoms with Crippen LogP contribution in [0.2, 0.25) is 0 Å². The Hall–Kier alpha value is -3.38. The summed E-state index contributed by atoms with van der Waals surface area (Å²) in [7, 11) is 0. The number of aromatic nitrogens is 4. The molecule has 1 atom stereocenters. The van der Waals surface area contributed by atoms with E-state index in [4.69, 9.17) is 14.7 Å². The zero-order chi connectivity index (χ0) is 27.5. The molecule has 0 bridgehead atoms. The lowest BCUT2D eigenvalue weighted by atomic mass is 9.86. The van der Waals surface area contributed by atoms with Crippen molar-refractivity contribution in [2.45, 2.75) is 57.0 Å². The summed E-state index contributed by atoms with van der Waals surface area (Å²) in [6.07, 6.45) is 2.98. The molecule has 3 N–H and O–H groups in total. The molecule has 1 saturated carbocycles. The van der Waals surface area contributed by atoms with Crippen molar-refractivity contribution in [2.75, 3.05) is 49.6 Å². The average molecular weight is 555 g/mol. The SMILES string of the molecule is O=C(NC[C@H]1CC[C@H](Nc2nc(N3CCOCC3)cc(-n3c(C(F)F)nc4ccccc43)n2)CC1)[C@@H]1CCCN1. The number of alkyl halides is 2. The topological polar surface area (TPSA) is 109 Å². The molecular weight excluding hydrogens is 518 g/mol. The van der Waals surface area contributed by atoms with Gasteiger partial charge >= 0.3 is 0 Å². The van der Waals surface area contributed by atoms with Gasteiger partial charge in [0.25, 0.3) is 6.43 Å². The van der Waals surface area contributed by atoms with Crippen LogP contribution in [0.3, 0.4) is 0 Å². The van der Waals surface area contributed by atoms with Crippen molar-refractivity contribution in [3.8, 4) is 5.82 Å². The summed E-state index contributed by atoms with van der Waals surface area (Å²) in [4.78, 5) is 28.2. The minimum absolute atomic E-state index is 0.0544. The number of nitrogens with zero attached hydrogens (tertiary/aromatic N) is 5. The largest absolute Gasteiger partial charge is 0.378 e. The third kappa shape index (κ3) is 5.87. The van der Waals surface area contributed by atoms with Crippen LogP contribution in [0.15, 0.2) is 30.3 Å². The molecule has 1 aromatic carbocycles. The molecule has 2 aliphatic heterocycles. The van der Waals surface area contributed by atoms with Crippen LogP contribution < -0.4 is 20.9 Å². The van der Waals surface area contributed by atoms with Crippen molar-refractivity contribution in [1.82, 2.24) is 30.2 Å². The number of carbonyl (C=O) groups excluding carboxylic acids is 1. The minimum atomic E-state index is -2.76. The van der Waals surface area contributed by atoms with Gasteiger partial charge in [-0.25, -0.2) is 13.8 Å². The Balaban J connectivity index is 1.20. The lowest BCUT2D eigenvalue weighted by molar-refractivity contribution is -0.123. The van der Waals surface area contributed by atoms with Gasteiger partial charge in [0.2, 0.25) is 11.9 Å². The quantitative estimate of drug-likeness (QED) is 0.389. The molecule has 12 heteroatoms. The van der Waals surface area contributed by atoms with Crippen molar-refractivity contribution in [2.24, 2.45) is 5.92 Å². The number of fused-ring (bicyclic) bond motifs is 1. The summed E-state index contributed by atoms with van der Waals surface area (Å²) in [6, 6.07) is 8.97. The predicted octanol–water partition coefficient (Wildman–Crippen LogP) is 3.43. The number of hydrogen-bond acceptors (Lipinski definition) is 8. The van der Waals surface area contributed by atoms with E-state index in [1.165, 1.54) is 4.57 Å². The van der Waals surface area contributed by atoms with Crippen LogP contribution in [-0.2, 0) is 9.53 Å². The van der Waals surface area contributed by atoms with E-state index in [1.54, 1.807) is 24.3 Å². The molecule has 10 nitrogen and oxygen atoms in total. The van der Waals surface area contributed by atoms with E-state index in [2.05, 4.69) is 25.8 Å². The first kappa shape index (κ1) is 26.8. The lowest BCUT2D eigenvalue weighted by Crippen LogP contribution is -2.43. The summed E-state index contributed by atoms with van der Waals surface area (Å²) >= 11 is 0. The Labute approximate surface area is 231 Å². The second-order valence-electron chi connectivity index (χ2n) is 10.9. The van der Waals surface area contributed by atoms with Gasteiger partial charge in [0.1, 0.15) is 11.6 Å². The number of anilines is 2. The van der Waals surface area contributed by atoms with Crippen LogP contribution in [0.5, 0.6) is 0 Å². The summed E-state index contributed by atoms with van der Waals surface area (Å²) < 4.78 is 35.2. The van der Waals surface area contributed by atoms with E-state index >= 15 is 0 Å². The van der Waals surface area contributed by atoms with E-state index in [1.807, 2.05) is 6.07 Å². The molecule has 40 heavy (non-hydrogen) atoms. The molecule has 3 aliphatic rings. The summed E-state index contributed by atoms with van der Waals surface area (Å²) in [5.41, 5.74) is 1.07. The monoisotopic (exact) mass is 554 g/mol. The number of imidazole rings is 1. The van der Waals surface area contributed by atoms with Gasteiger partial charge in [0, 0.05) is 31.7 Å². The molecule has 4 heterocycles. The predicted molar refractivity (Wildman–Crippen MR) is 148 cm³/mol. The number of para-hydroxylation sites is 2. The molecule has 0 unspecified atom stereocenters. The molecule has 2 saturated heterocycles. The number of amides is 1. The Bertz CT molecular complexity index is 1310. The van der Waals surface area contributed by atoms with Gasteiger partial charge in [0.05, 0.1) is 30.3 Å². The van der Waals surface area contributed by atoms with E-state index in [0.29, 0.717) is 67.4 Å². The fraction of sp³-hybridized carbons (Fsp3) is 0.571. The van der Waals surface area contributed by atoms with E-state index < -0.39 is 6.43 Å². The number of hydrogen-bond donors (Lipinski definition) is 3. The number of halogens is 2. The molecule has 3 aromatic rings. The van der Waals surface area contributed by atoms with Gasteiger partial charge in [-0.2, -0.15) is 9.97 Å². The highest BCUT2D eigenvalue weighted by Gasteiger charge is 2.27. The van der Waals surface area contributed by atoms with E-state index in [-0.39, 0.29) is 23.8 Å². The standard InChI is InChI=1S/C28H36F2N8O2/c29-25(30)26-34-20-4-1-2-6-22(20)38(26)24-16-23(37-12-14-40-15-13-37)35-28(36-24)33-19-9-7-18(8-10-19)17-32-27(39)21-5-3-11-31-21/h1-2,4,6,16,18-19,21,25,31H,3,5,7-15,17H2,(H,32,39)(H,33,35,36)/t18-,19-,21-/m0/s1. The van der Waals surface area contributed by atoms with Crippen molar-refractivity contribution in [3.05, 3.63) is 36.2 Å². The van der Waals surface area contributed by atoms with E-state index in [9.17, 15) is 13.6 Å². The Kier molecular flexibility index (Phi) is 8.05. The van der Waals surface area contributed by atoms with Gasteiger partial charge in [-0.05, 0) is 63.1 Å². The van der Waals surface area contributed by atoms with Crippen LogP contribution in [0.25, 0.3) is 16.9 Å². The maximum atomic E-state index is 14.1. The smallest absolute Gasteiger partial charge is 0.296 e. The number of benzene rings is 1. The molecule has 0 radical (unpaired) electrons. The lowest BCUT2D eigenvalue weighted by Gasteiger charge is -2.31. The second kappa shape index (κ2) is 12.0. The zero-order valence-electron chi connectivity index (χ0n) is 22.5. The first-order chi connectivity index (χ1) is 19.5. The third-order valence-electron chi connectivity index (χ3n) is 8.17. The normalized spacial score (nSPS) is 23.6. The summed E-state index contributed by atoms with van der Waals surface area (Å²) in [5, 5.41) is 9.86. The highest BCUT2D eigenvalue weighted by molar-refractivity contribution is 5.82. The molecule has 0 spiro atoms. The van der Waals surface area contributed by atoms with E-state index in [0.717, 1.165) is 45.1 Å². The molecule has 1 aliphatic carbocycles. The fourth-order valence-electron chi connectivity index (χ4n) is 5.96. The van der Waals surface area contributed by atoms with Crippen LogP contribution in [-0.4, -0.2) is 76.9 Å². The molecule has 2 aromatic heterocycles. The van der Waals surface area contributed by atoms with Crippen LogP contribution >= 0.6 is 0 Å². The number of ether oxygens (including phenoxy) is 1. The Morgan fingerprint density at radius 3 is 2.58 bits per heavy atom. The Morgan fingerprint density at radius 1 is 1.05 bits per heavy atom. The first-order valence-corrected chi connectivity index (χ1v) is 14.3. The van der Waals surface area contributed by atoms with Gasteiger partial charge in [-0.15, -0.1) is 0 Å². The van der Waals surface area contributed by atoms with Crippen molar-refractivity contribution < 1.29 is 18.3 Å². The minimum Gasteiger partial charge on any atom is -0.378 e. The van der Waals surface area contributed by atoms with Gasteiger partial charge < -0.3 is 25.6 Å². The average Bonchev–Trinajstić information content (AvgIpc) is 3.66. The fourth-order valence-corrected chi connectivity index (χ4v) is 5.96. The second-order valence-corrected chi connectivity index (χ2v) is 10.9. The molecule has 6 rings (SSSR count). The summed E-state index contributed by atoms with van der Waals surface area (Å²) in [6.45, 7) is 4.09. The number of nitrogens with one attached hydrogen (secondary N) is 3. The third-order valence-corrected chi connectivity index (χ3v) is 8.17. The van der Waals surface area contributed by atoms with Crippen LogP contribution in [0.4, 0.5) is 20.5 Å². The van der Waals surface area contributed by atoms with Gasteiger partial charge in [-0.1, -0.05) is 12.1 Å². The molecule has 1 amide bonds. The van der Waals surface area contributed by atoms with Crippen LogP contribution in [0, 0.1) is 5.92 Å². The zero-order valence-corrected chi connectivity index (χ0v) is 22.5. The highest BCUT2D eigenvalue weighted by atomic mass is 19.3. The van der Waals surface area contributed by atoms with Crippen molar-refractivity contribution in [3.63, 3.8) is 0 Å². The number of carbonyl (C=O) groups is 1. The van der Waals surface area contributed by atoms with Crippen molar-refractivity contribution in [1.29, 1.82) is 0 Å². The van der Waals surface area contributed by atoms with Gasteiger partial charge in [0.15, 0.2) is 5.82 Å². The summed E-state index contributed by atoms with van der Waals surface area (Å²) in [5.74, 6) is 1.65. The number of rotatable bonds is 8. The molecule has 214 valence electrons. The number of morpholine rings is 1. The maximum absolute atomic E-state index is 14.1. The highest BCUT2D eigenvalue weighted by Crippen LogP contribution is 2.31. The molecular formula is C28H36F2N8O2. The maximum Gasteiger partial charge on any atom is 0.296 e. The van der Waals surface area contributed by atoms with Gasteiger partial charge in [-0.3, -0.25) is 9.36 Å². The molecule has 3 fully saturated rings.